The summed E-state index contributed by atoms with van der Waals surface area (Å²) in [7, 11) is 0. The van der Waals surface area contributed by atoms with Crippen LogP contribution in [-0.2, 0) is 0 Å². The molecule has 2 aromatic rings. The molecule has 0 amide bonds. The topological polar surface area (TPSA) is 48.1 Å². The lowest BCUT2D eigenvalue weighted by atomic mass is 10.1. The van der Waals surface area contributed by atoms with Gasteiger partial charge in [0.25, 0.3) is 0 Å². The molecule has 0 aliphatic heterocycles. The molecule has 1 heterocycles. The van der Waals surface area contributed by atoms with Gasteiger partial charge in [-0.15, -0.1) is 0 Å². The third kappa shape index (κ3) is 3.00. The monoisotopic (exact) mass is 242 g/mol. The zero-order chi connectivity index (χ0) is 12.8. The van der Waals surface area contributed by atoms with Gasteiger partial charge in [-0.05, 0) is 41.8 Å². The van der Waals surface area contributed by atoms with Crippen molar-refractivity contribution in [3.63, 3.8) is 0 Å². The number of unbranched alkanes of at least 4 members (excludes halogenated alkanes) is 1. The quantitative estimate of drug-likeness (QED) is 0.644. The number of nitrogens with two attached hydrogens (primary N) is 1. The zero-order valence-corrected chi connectivity index (χ0v) is 10.6. The predicted octanol–water partition coefficient (Wildman–Crippen LogP) is 3.51. The van der Waals surface area contributed by atoms with Gasteiger partial charge in [0, 0.05) is 12.4 Å². The largest absolute Gasteiger partial charge is 0.491 e. The summed E-state index contributed by atoms with van der Waals surface area (Å²) in [6.07, 6.45) is 5.72. The first kappa shape index (κ1) is 12.4. The van der Waals surface area contributed by atoms with E-state index in [2.05, 4.69) is 11.9 Å². The molecule has 0 saturated heterocycles. The molecule has 0 fully saturated rings. The molecule has 0 bridgehead atoms. The van der Waals surface area contributed by atoms with E-state index in [0.717, 1.165) is 36.3 Å². The molecule has 0 atom stereocenters. The molecule has 0 saturated carbocycles. The lowest BCUT2D eigenvalue weighted by Crippen LogP contribution is -2.00. The van der Waals surface area contributed by atoms with E-state index in [1.807, 2.05) is 30.3 Å². The number of aromatic nitrogens is 1. The van der Waals surface area contributed by atoms with Gasteiger partial charge in [-0.3, -0.25) is 4.98 Å². The third-order valence-electron chi connectivity index (χ3n) is 2.78. The van der Waals surface area contributed by atoms with E-state index in [-0.39, 0.29) is 0 Å². The predicted molar refractivity (Wildman–Crippen MR) is 74.5 cm³/mol. The van der Waals surface area contributed by atoms with Gasteiger partial charge in [0.05, 0.1) is 12.3 Å². The summed E-state index contributed by atoms with van der Waals surface area (Å²) < 4.78 is 5.63. The van der Waals surface area contributed by atoms with E-state index >= 15 is 0 Å². The smallest absolute Gasteiger partial charge is 0.142 e. The number of anilines is 1. The number of benzene rings is 1. The minimum absolute atomic E-state index is 0.681. The van der Waals surface area contributed by atoms with Crippen LogP contribution in [0, 0.1) is 0 Å². The molecule has 0 aliphatic rings. The van der Waals surface area contributed by atoms with Crippen LogP contribution >= 0.6 is 0 Å². The van der Waals surface area contributed by atoms with Crippen molar-refractivity contribution >= 4 is 5.69 Å². The second kappa shape index (κ2) is 6.05. The number of pyridine rings is 1. The maximum Gasteiger partial charge on any atom is 0.142 e. The van der Waals surface area contributed by atoms with E-state index in [9.17, 15) is 0 Å². The van der Waals surface area contributed by atoms with Crippen molar-refractivity contribution in [2.75, 3.05) is 12.3 Å². The van der Waals surface area contributed by atoms with Gasteiger partial charge in [0.2, 0.25) is 0 Å². The first-order chi connectivity index (χ1) is 8.81. The fourth-order valence-corrected chi connectivity index (χ4v) is 1.73. The van der Waals surface area contributed by atoms with Crippen molar-refractivity contribution in [3.05, 3.63) is 42.7 Å². The Morgan fingerprint density at radius 3 is 2.56 bits per heavy atom. The van der Waals surface area contributed by atoms with E-state index in [1.54, 1.807) is 12.4 Å². The number of nitrogens with zero attached hydrogens (tertiary/aromatic N) is 1. The van der Waals surface area contributed by atoms with Gasteiger partial charge in [0.1, 0.15) is 5.75 Å². The number of hydrogen-bond acceptors (Lipinski definition) is 3. The van der Waals surface area contributed by atoms with Crippen LogP contribution in [-0.4, -0.2) is 11.6 Å². The van der Waals surface area contributed by atoms with Crippen LogP contribution in [0.2, 0.25) is 0 Å². The Morgan fingerprint density at radius 2 is 1.89 bits per heavy atom. The standard InChI is InChI=1S/C15H18N2O/c1-2-3-10-18-15-5-4-13(11-14(15)16)12-6-8-17-9-7-12/h4-9,11H,2-3,10,16H2,1H3. The SMILES string of the molecule is CCCCOc1ccc(-c2ccncc2)cc1N. The number of nitrogen functional groups attached to an aromatic ring is 1. The van der Waals surface area contributed by atoms with Crippen molar-refractivity contribution in [1.29, 1.82) is 0 Å². The molecule has 1 aromatic carbocycles. The Bertz CT molecular complexity index is 497. The Hall–Kier alpha value is -2.03. The summed E-state index contributed by atoms with van der Waals surface area (Å²) in [5.74, 6) is 0.765. The van der Waals surface area contributed by atoms with Crippen LogP contribution in [0.1, 0.15) is 19.8 Å². The van der Waals surface area contributed by atoms with Crippen LogP contribution in [0.5, 0.6) is 5.75 Å². The number of ether oxygens (including phenoxy) is 1. The van der Waals surface area contributed by atoms with Gasteiger partial charge in [-0.2, -0.15) is 0 Å². The summed E-state index contributed by atoms with van der Waals surface area (Å²) in [5, 5.41) is 0. The Labute approximate surface area is 108 Å². The van der Waals surface area contributed by atoms with E-state index in [0.29, 0.717) is 5.69 Å². The molecular formula is C15H18N2O. The highest BCUT2D eigenvalue weighted by Gasteiger charge is 2.03. The third-order valence-corrected chi connectivity index (χ3v) is 2.78. The van der Waals surface area contributed by atoms with Crippen LogP contribution in [0.15, 0.2) is 42.7 Å². The van der Waals surface area contributed by atoms with Gasteiger partial charge in [-0.25, -0.2) is 0 Å². The summed E-state index contributed by atoms with van der Waals surface area (Å²) in [4.78, 5) is 4.00. The molecule has 94 valence electrons. The molecule has 2 N–H and O–H groups in total. The summed E-state index contributed by atoms with van der Waals surface area (Å²) in [6.45, 7) is 2.86. The van der Waals surface area contributed by atoms with Crippen molar-refractivity contribution in [1.82, 2.24) is 4.98 Å². The van der Waals surface area contributed by atoms with E-state index in [1.165, 1.54) is 0 Å². The van der Waals surface area contributed by atoms with Crippen LogP contribution in [0.3, 0.4) is 0 Å². The maximum absolute atomic E-state index is 6.00. The summed E-state index contributed by atoms with van der Waals surface area (Å²) in [6, 6.07) is 9.82. The van der Waals surface area contributed by atoms with Crippen LogP contribution in [0.4, 0.5) is 5.69 Å². The minimum atomic E-state index is 0.681. The first-order valence-corrected chi connectivity index (χ1v) is 6.24. The lowest BCUT2D eigenvalue weighted by Gasteiger charge is -2.10. The van der Waals surface area contributed by atoms with Crippen molar-refractivity contribution in [3.8, 4) is 16.9 Å². The molecule has 2 rings (SSSR count). The second-order valence-corrected chi connectivity index (χ2v) is 4.19. The molecule has 0 unspecified atom stereocenters. The average molecular weight is 242 g/mol. The fraction of sp³-hybridized carbons (Fsp3) is 0.267. The molecular weight excluding hydrogens is 224 g/mol. The van der Waals surface area contributed by atoms with Crippen molar-refractivity contribution < 1.29 is 4.74 Å². The number of rotatable bonds is 5. The highest BCUT2D eigenvalue weighted by Crippen LogP contribution is 2.28. The summed E-state index contributed by atoms with van der Waals surface area (Å²) in [5.41, 5.74) is 8.87. The highest BCUT2D eigenvalue weighted by molar-refractivity contribution is 5.70. The lowest BCUT2D eigenvalue weighted by molar-refractivity contribution is 0.311. The van der Waals surface area contributed by atoms with Crippen molar-refractivity contribution in [2.24, 2.45) is 0 Å². The van der Waals surface area contributed by atoms with Gasteiger partial charge < -0.3 is 10.5 Å². The second-order valence-electron chi connectivity index (χ2n) is 4.19. The summed E-state index contributed by atoms with van der Waals surface area (Å²) >= 11 is 0. The zero-order valence-electron chi connectivity index (χ0n) is 10.6. The number of hydrogen-bond donors (Lipinski definition) is 1. The van der Waals surface area contributed by atoms with E-state index in [4.69, 9.17) is 10.5 Å². The molecule has 1 aromatic heterocycles. The average Bonchev–Trinajstić information content (AvgIpc) is 2.42. The molecule has 3 nitrogen and oxygen atoms in total. The fourth-order valence-electron chi connectivity index (χ4n) is 1.73. The maximum atomic E-state index is 6.00. The minimum Gasteiger partial charge on any atom is -0.491 e. The first-order valence-electron chi connectivity index (χ1n) is 6.24. The van der Waals surface area contributed by atoms with Crippen LogP contribution < -0.4 is 10.5 Å². The van der Waals surface area contributed by atoms with Gasteiger partial charge in [-0.1, -0.05) is 19.4 Å². The highest BCUT2D eigenvalue weighted by atomic mass is 16.5. The Kier molecular flexibility index (Phi) is 4.18. The molecule has 3 heteroatoms. The molecule has 0 spiro atoms. The Morgan fingerprint density at radius 1 is 1.11 bits per heavy atom. The van der Waals surface area contributed by atoms with Gasteiger partial charge in [0.15, 0.2) is 0 Å². The normalized spacial score (nSPS) is 10.3. The molecule has 18 heavy (non-hydrogen) atoms. The Balaban J connectivity index is 2.15. The van der Waals surface area contributed by atoms with Crippen molar-refractivity contribution in [2.45, 2.75) is 19.8 Å². The van der Waals surface area contributed by atoms with Gasteiger partial charge >= 0.3 is 0 Å². The van der Waals surface area contributed by atoms with E-state index < -0.39 is 0 Å². The molecule has 0 radical (unpaired) electrons. The van der Waals surface area contributed by atoms with Crippen LogP contribution in [0.25, 0.3) is 11.1 Å². The molecule has 0 aliphatic carbocycles.